The van der Waals surface area contributed by atoms with E-state index in [1.807, 2.05) is 25.4 Å². The van der Waals surface area contributed by atoms with E-state index in [2.05, 4.69) is 30.8 Å². The van der Waals surface area contributed by atoms with E-state index in [1.165, 1.54) is 18.5 Å². The molecule has 2 aromatic rings. The first-order valence-electron chi connectivity index (χ1n) is 8.45. The van der Waals surface area contributed by atoms with E-state index in [4.69, 9.17) is 4.98 Å². The number of anilines is 2. The number of hydrogen-bond donors (Lipinski definition) is 0. The smallest absolute Gasteiger partial charge is 0.189 e. The Bertz CT molecular complexity index is 725. The number of aromatic nitrogens is 4. The molecule has 6 nitrogen and oxygen atoms in total. The maximum atomic E-state index is 4.73. The number of nitrogens with zero attached hydrogens (tertiary/aromatic N) is 6. The van der Waals surface area contributed by atoms with Crippen molar-refractivity contribution in [2.45, 2.75) is 30.8 Å². The largest absolute Gasteiger partial charge is 0.353 e. The molecule has 7 heteroatoms. The lowest BCUT2D eigenvalue weighted by atomic mass is 10.2. The number of piperazine rings is 1. The lowest BCUT2D eigenvalue weighted by molar-refractivity contribution is 0.635. The lowest BCUT2D eigenvalue weighted by Gasteiger charge is -2.36. The molecule has 2 fully saturated rings. The predicted octanol–water partition coefficient (Wildman–Crippen LogP) is 2.50. The molecule has 0 spiro atoms. The minimum Gasteiger partial charge on any atom is -0.353 e. The van der Waals surface area contributed by atoms with Crippen molar-refractivity contribution in [3.63, 3.8) is 0 Å². The number of thioether (sulfide) groups is 1. The van der Waals surface area contributed by atoms with Crippen LogP contribution in [-0.4, -0.2) is 52.4 Å². The van der Waals surface area contributed by atoms with Gasteiger partial charge >= 0.3 is 0 Å². The molecule has 3 heterocycles. The van der Waals surface area contributed by atoms with Gasteiger partial charge < -0.3 is 9.80 Å². The molecular weight excluding hydrogens is 320 g/mol. The van der Waals surface area contributed by atoms with Crippen LogP contribution in [0.2, 0.25) is 0 Å². The summed E-state index contributed by atoms with van der Waals surface area (Å²) < 4.78 is 0. The summed E-state index contributed by atoms with van der Waals surface area (Å²) in [5.41, 5.74) is 1.22. The van der Waals surface area contributed by atoms with Crippen LogP contribution >= 0.6 is 11.8 Å². The molecule has 2 aromatic heterocycles. The molecule has 2 aliphatic rings. The van der Waals surface area contributed by atoms with Gasteiger partial charge in [-0.1, -0.05) is 11.8 Å². The monoisotopic (exact) mass is 342 g/mol. The van der Waals surface area contributed by atoms with Crippen molar-refractivity contribution in [2.24, 2.45) is 0 Å². The topological polar surface area (TPSA) is 58.0 Å². The molecule has 0 radical (unpaired) electrons. The fourth-order valence-electron chi connectivity index (χ4n) is 3.06. The number of rotatable bonds is 4. The molecule has 4 rings (SSSR count). The Hall–Kier alpha value is -1.89. The first-order chi connectivity index (χ1) is 11.7. The van der Waals surface area contributed by atoms with Gasteiger partial charge in [0.05, 0.1) is 5.69 Å². The van der Waals surface area contributed by atoms with Crippen molar-refractivity contribution < 1.29 is 0 Å². The summed E-state index contributed by atoms with van der Waals surface area (Å²) in [4.78, 5) is 22.8. The average molecular weight is 342 g/mol. The molecular formula is C17H22N6S. The summed E-state index contributed by atoms with van der Waals surface area (Å²) in [6.45, 7) is 5.75. The minimum atomic E-state index is 0.655. The number of aryl methyl sites for hydroxylation is 1. The van der Waals surface area contributed by atoms with Gasteiger partial charge in [-0.05, 0) is 32.1 Å². The van der Waals surface area contributed by atoms with E-state index in [0.717, 1.165) is 48.8 Å². The Labute approximate surface area is 146 Å². The highest BCUT2D eigenvalue weighted by Crippen LogP contribution is 2.40. The quantitative estimate of drug-likeness (QED) is 0.625. The molecule has 0 unspecified atom stereocenters. The van der Waals surface area contributed by atoms with Crippen LogP contribution in [0.15, 0.2) is 23.5 Å². The van der Waals surface area contributed by atoms with Gasteiger partial charge in [0.15, 0.2) is 5.16 Å². The van der Waals surface area contributed by atoms with E-state index in [9.17, 15) is 0 Å². The van der Waals surface area contributed by atoms with E-state index in [0.29, 0.717) is 5.92 Å². The van der Waals surface area contributed by atoms with Crippen LogP contribution in [0, 0.1) is 6.92 Å². The lowest BCUT2D eigenvalue weighted by Crippen LogP contribution is -2.47. The zero-order valence-corrected chi connectivity index (χ0v) is 15.0. The third kappa shape index (κ3) is 3.31. The Morgan fingerprint density at radius 1 is 1.00 bits per heavy atom. The third-order valence-electron chi connectivity index (χ3n) is 4.58. The highest BCUT2D eigenvalue weighted by atomic mass is 32.2. The summed E-state index contributed by atoms with van der Waals surface area (Å²) >= 11 is 1.63. The van der Waals surface area contributed by atoms with Gasteiger partial charge in [-0.2, -0.15) is 0 Å². The van der Waals surface area contributed by atoms with Gasteiger partial charge in [0.25, 0.3) is 0 Å². The Morgan fingerprint density at radius 3 is 2.33 bits per heavy atom. The third-order valence-corrected chi connectivity index (χ3v) is 5.13. The van der Waals surface area contributed by atoms with Gasteiger partial charge in [-0.3, -0.25) is 0 Å². The van der Waals surface area contributed by atoms with Crippen LogP contribution in [0.3, 0.4) is 0 Å². The van der Waals surface area contributed by atoms with Gasteiger partial charge in [-0.15, -0.1) is 0 Å². The molecule has 1 aliphatic carbocycles. The normalized spacial score (nSPS) is 18.1. The molecule has 1 saturated heterocycles. The second kappa shape index (κ2) is 6.55. The molecule has 1 aliphatic heterocycles. The van der Waals surface area contributed by atoms with Crippen molar-refractivity contribution in [1.29, 1.82) is 0 Å². The zero-order chi connectivity index (χ0) is 16.5. The molecule has 24 heavy (non-hydrogen) atoms. The van der Waals surface area contributed by atoms with Crippen LogP contribution in [-0.2, 0) is 0 Å². The Morgan fingerprint density at radius 2 is 1.71 bits per heavy atom. The van der Waals surface area contributed by atoms with E-state index in [1.54, 1.807) is 11.8 Å². The average Bonchev–Trinajstić information content (AvgIpc) is 3.47. The summed E-state index contributed by atoms with van der Waals surface area (Å²) in [5, 5.41) is 0.892. The molecule has 0 N–H and O–H groups in total. The highest BCUT2D eigenvalue weighted by Gasteiger charge is 2.27. The standard InChI is InChI=1S/C17H22N6S/c1-12-18-6-5-15(19-12)22-7-9-23(10-8-22)16-11-14(13-3-4-13)20-17(21-16)24-2/h5-6,11,13H,3-4,7-10H2,1-2H3. The second-order valence-corrected chi connectivity index (χ2v) is 7.12. The molecule has 0 bridgehead atoms. The van der Waals surface area contributed by atoms with Crippen molar-refractivity contribution in [3.05, 3.63) is 29.8 Å². The molecule has 1 saturated carbocycles. The van der Waals surface area contributed by atoms with E-state index < -0.39 is 0 Å². The molecule has 0 aromatic carbocycles. The Balaban J connectivity index is 1.48. The SMILES string of the molecule is CSc1nc(C2CC2)cc(N2CCN(c3ccnc(C)n3)CC2)n1. The van der Waals surface area contributed by atoms with Crippen LogP contribution in [0.4, 0.5) is 11.6 Å². The summed E-state index contributed by atoms with van der Waals surface area (Å²) in [6, 6.07) is 4.19. The van der Waals surface area contributed by atoms with Crippen molar-refractivity contribution in [3.8, 4) is 0 Å². The summed E-state index contributed by atoms with van der Waals surface area (Å²) in [5.74, 6) is 3.58. The molecule has 0 atom stereocenters. The fraction of sp³-hybridized carbons (Fsp3) is 0.529. The predicted molar refractivity (Wildman–Crippen MR) is 97.0 cm³/mol. The van der Waals surface area contributed by atoms with Gasteiger partial charge in [0.2, 0.25) is 0 Å². The van der Waals surface area contributed by atoms with E-state index in [-0.39, 0.29) is 0 Å². The highest BCUT2D eigenvalue weighted by molar-refractivity contribution is 7.98. The van der Waals surface area contributed by atoms with Gasteiger partial charge in [-0.25, -0.2) is 19.9 Å². The Kier molecular flexibility index (Phi) is 4.26. The second-order valence-electron chi connectivity index (χ2n) is 6.35. The van der Waals surface area contributed by atoms with Crippen LogP contribution in [0.5, 0.6) is 0 Å². The number of hydrogen-bond acceptors (Lipinski definition) is 7. The van der Waals surface area contributed by atoms with Crippen LogP contribution in [0.1, 0.15) is 30.3 Å². The molecule has 126 valence electrons. The zero-order valence-electron chi connectivity index (χ0n) is 14.1. The van der Waals surface area contributed by atoms with Gasteiger partial charge in [0, 0.05) is 44.4 Å². The van der Waals surface area contributed by atoms with Gasteiger partial charge in [0.1, 0.15) is 17.5 Å². The van der Waals surface area contributed by atoms with E-state index >= 15 is 0 Å². The maximum absolute atomic E-state index is 4.73. The van der Waals surface area contributed by atoms with Crippen LogP contribution in [0.25, 0.3) is 0 Å². The van der Waals surface area contributed by atoms with Crippen molar-refractivity contribution in [1.82, 2.24) is 19.9 Å². The fourth-order valence-corrected chi connectivity index (χ4v) is 3.44. The summed E-state index contributed by atoms with van der Waals surface area (Å²) in [7, 11) is 0. The van der Waals surface area contributed by atoms with Crippen molar-refractivity contribution >= 4 is 23.4 Å². The minimum absolute atomic E-state index is 0.655. The van der Waals surface area contributed by atoms with Crippen molar-refractivity contribution in [2.75, 3.05) is 42.2 Å². The first-order valence-corrected chi connectivity index (χ1v) is 9.68. The first kappa shape index (κ1) is 15.6. The summed E-state index contributed by atoms with van der Waals surface area (Å²) in [6.07, 6.45) is 6.42. The maximum Gasteiger partial charge on any atom is 0.189 e. The molecule has 0 amide bonds. The van der Waals surface area contributed by atoms with Crippen LogP contribution < -0.4 is 9.80 Å².